The number of carboxylic acid groups (broad SMARTS) is 1. The van der Waals surface area contributed by atoms with Gasteiger partial charge in [-0.3, -0.25) is 9.52 Å². The van der Waals surface area contributed by atoms with Gasteiger partial charge in [-0.15, -0.1) is 0 Å². The third kappa shape index (κ3) is 5.43. The molecule has 0 aliphatic carbocycles. The summed E-state index contributed by atoms with van der Waals surface area (Å²) in [5.41, 5.74) is 0.128. The molecule has 6 nitrogen and oxygen atoms in total. The molecule has 0 saturated carbocycles. The van der Waals surface area contributed by atoms with Gasteiger partial charge in [-0.05, 0) is 25.5 Å². The first-order valence-corrected chi connectivity index (χ1v) is 7.64. The number of hydrogen-bond acceptors (Lipinski definition) is 4. The summed E-state index contributed by atoms with van der Waals surface area (Å²) in [6.45, 7) is 1.95. The molecule has 1 aromatic carbocycles. The van der Waals surface area contributed by atoms with Crippen LogP contribution in [0.3, 0.4) is 0 Å². The van der Waals surface area contributed by atoms with Gasteiger partial charge in [-0.2, -0.15) is 0 Å². The Morgan fingerprint density at radius 2 is 2.15 bits per heavy atom. The number of benzene rings is 1. The van der Waals surface area contributed by atoms with Crippen LogP contribution in [0, 0.1) is 5.82 Å². The number of aliphatic carboxylic acids is 1. The Morgan fingerprint density at radius 3 is 2.75 bits per heavy atom. The molecule has 20 heavy (non-hydrogen) atoms. The molecule has 112 valence electrons. The third-order valence-electron chi connectivity index (χ3n) is 2.31. The predicted octanol–water partition coefficient (Wildman–Crippen LogP) is 1.83. The Balaban J connectivity index is 2.78. The second kappa shape index (κ2) is 7.09. The molecule has 0 aliphatic heterocycles. The Morgan fingerprint density at radius 1 is 1.45 bits per heavy atom. The molecule has 8 heteroatoms. The van der Waals surface area contributed by atoms with Crippen LogP contribution in [0.15, 0.2) is 18.2 Å². The van der Waals surface area contributed by atoms with E-state index in [4.69, 9.17) is 9.84 Å². The smallest absolute Gasteiger partial charge is 0.303 e. The first-order chi connectivity index (χ1) is 9.34. The van der Waals surface area contributed by atoms with Crippen molar-refractivity contribution in [3.8, 4) is 5.75 Å². The van der Waals surface area contributed by atoms with Crippen LogP contribution in [0.2, 0.25) is 0 Å². The van der Waals surface area contributed by atoms with Crippen molar-refractivity contribution in [2.75, 3.05) is 17.1 Å². The predicted molar refractivity (Wildman–Crippen MR) is 71.8 cm³/mol. The number of carboxylic acids is 1. The van der Waals surface area contributed by atoms with Crippen LogP contribution in [0.5, 0.6) is 5.75 Å². The van der Waals surface area contributed by atoms with Gasteiger partial charge in [0.25, 0.3) is 0 Å². The van der Waals surface area contributed by atoms with E-state index >= 15 is 0 Å². The number of nitrogens with one attached hydrogen (secondary N) is 1. The Hall–Kier alpha value is -1.83. The monoisotopic (exact) mass is 305 g/mol. The minimum absolute atomic E-state index is 0.00414. The summed E-state index contributed by atoms with van der Waals surface area (Å²) in [4.78, 5) is 10.3. The van der Waals surface area contributed by atoms with E-state index in [0.29, 0.717) is 0 Å². The van der Waals surface area contributed by atoms with Gasteiger partial charge in [0, 0.05) is 12.5 Å². The first kappa shape index (κ1) is 16.2. The maximum absolute atomic E-state index is 13.1. The highest BCUT2D eigenvalue weighted by molar-refractivity contribution is 7.92. The maximum atomic E-state index is 13.1. The van der Waals surface area contributed by atoms with Crippen LogP contribution in [0.25, 0.3) is 0 Å². The number of ether oxygens (including phenoxy) is 1. The Labute approximate surface area is 116 Å². The average Bonchev–Trinajstić information content (AvgIpc) is 2.32. The molecule has 0 aromatic heterocycles. The van der Waals surface area contributed by atoms with Gasteiger partial charge in [0.1, 0.15) is 11.6 Å². The summed E-state index contributed by atoms with van der Waals surface area (Å²) in [6.07, 6.45) is -0.238. The molecular formula is C12H16FNO5S. The number of hydrogen-bond donors (Lipinski definition) is 2. The zero-order chi connectivity index (χ0) is 15.2. The van der Waals surface area contributed by atoms with Crippen molar-refractivity contribution in [2.24, 2.45) is 0 Å². The van der Waals surface area contributed by atoms with E-state index in [1.807, 2.05) is 0 Å². The third-order valence-corrected chi connectivity index (χ3v) is 3.67. The summed E-state index contributed by atoms with van der Waals surface area (Å²) in [5, 5.41) is 8.47. The fourth-order valence-corrected chi connectivity index (χ4v) is 2.62. The van der Waals surface area contributed by atoms with E-state index in [-0.39, 0.29) is 36.6 Å². The molecule has 0 fully saturated rings. The molecule has 0 spiro atoms. The van der Waals surface area contributed by atoms with Crippen LogP contribution in [0.1, 0.15) is 19.8 Å². The van der Waals surface area contributed by atoms with Gasteiger partial charge in [0.15, 0.2) is 0 Å². The van der Waals surface area contributed by atoms with E-state index < -0.39 is 21.8 Å². The number of anilines is 1. The normalized spacial score (nSPS) is 11.1. The molecule has 0 bridgehead atoms. The number of sulfonamides is 1. The van der Waals surface area contributed by atoms with Gasteiger partial charge in [0.2, 0.25) is 10.0 Å². The summed E-state index contributed by atoms with van der Waals surface area (Å²) in [7, 11) is -3.70. The SMILES string of the molecule is CCOc1cc(F)ccc1NS(=O)(=O)CCCC(=O)O. The van der Waals surface area contributed by atoms with Crippen LogP contribution in [-0.2, 0) is 14.8 Å². The molecule has 1 aromatic rings. The molecule has 0 unspecified atom stereocenters. The van der Waals surface area contributed by atoms with Crippen molar-refractivity contribution in [3.05, 3.63) is 24.0 Å². The molecule has 0 aliphatic rings. The fourth-order valence-electron chi connectivity index (χ4n) is 1.49. The lowest BCUT2D eigenvalue weighted by Gasteiger charge is -2.12. The van der Waals surface area contributed by atoms with Crippen LogP contribution in [-0.4, -0.2) is 31.9 Å². The van der Waals surface area contributed by atoms with Crippen molar-refractivity contribution >= 4 is 21.7 Å². The minimum atomic E-state index is -3.70. The Bertz CT molecular complexity index is 573. The van der Waals surface area contributed by atoms with Gasteiger partial charge < -0.3 is 9.84 Å². The highest BCUT2D eigenvalue weighted by Gasteiger charge is 2.15. The van der Waals surface area contributed by atoms with Crippen LogP contribution >= 0.6 is 0 Å². The lowest BCUT2D eigenvalue weighted by molar-refractivity contribution is -0.137. The van der Waals surface area contributed by atoms with E-state index in [9.17, 15) is 17.6 Å². The highest BCUT2D eigenvalue weighted by Crippen LogP contribution is 2.26. The molecule has 0 saturated heterocycles. The van der Waals surface area contributed by atoms with Crippen molar-refractivity contribution in [1.29, 1.82) is 0 Å². The largest absolute Gasteiger partial charge is 0.492 e. The number of halogens is 1. The summed E-state index contributed by atoms with van der Waals surface area (Å²) in [5.74, 6) is -1.84. The summed E-state index contributed by atoms with van der Waals surface area (Å²) < 4.78 is 44.0. The average molecular weight is 305 g/mol. The zero-order valence-electron chi connectivity index (χ0n) is 10.9. The molecule has 1 rings (SSSR count). The second-order valence-electron chi connectivity index (χ2n) is 3.99. The zero-order valence-corrected chi connectivity index (χ0v) is 11.7. The molecule has 0 heterocycles. The molecular weight excluding hydrogens is 289 g/mol. The highest BCUT2D eigenvalue weighted by atomic mass is 32.2. The Kier molecular flexibility index (Phi) is 5.75. The minimum Gasteiger partial charge on any atom is -0.492 e. The number of rotatable bonds is 8. The van der Waals surface area contributed by atoms with E-state index in [2.05, 4.69) is 4.72 Å². The van der Waals surface area contributed by atoms with E-state index in [1.54, 1.807) is 6.92 Å². The summed E-state index contributed by atoms with van der Waals surface area (Å²) in [6, 6.07) is 3.45. The second-order valence-corrected chi connectivity index (χ2v) is 5.83. The summed E-state index contributed by atoms with van der Waals surface area (Å²) >= 11 is 0. The number of carbonyl (C=O) groups is 1. The van der Waals surface area contributed by atoms with Gasteiger partial charge in [-0.25, -0.2) is 12.8 Å². The van der Waals surface area contributed by atoms with Crippen LogP contribution < -0.4 is 9.46 Å². The fraction of sp³-hybridized carbons (Fsp3) is 0.417. The standard InChI is InChI=1S/C12H16FNO5S/c1-2-19-11-8-9(13)5-6-10(11)14-20(17,18)7-3-4-12(15)16/h5-6,8,14H,2-4,7H2,1H3,(H,15,16). The van der Waals surface area contributed by atoms with Gasteiger partial charge in [0.05, 0.1) is 18.0 Å². The van der Waals surface area contributed by atoms with Crippen molar-refractivity contribution in [3.63, 3.8) is 0 Å². The maximum Gasteiger partial charge on any atom is 0.303 e. The first-order valence-electron chi connectivity index (χ1n) is 5.98. The van der Waals surface area contributed by atoms with Crippen LogP contribution in [0.4, 0.5) is 10.1 Å². The molecule has 0 radical (unpaired) electrons. The molecule has 0 atom stereocenters. The quantitative estimate of drug-likeness (QED) is 0.764. The van der Waals surface area contributed by atoms with Gasteiger partial charge in [-0.1, -0.05) is 0 Å². The lowest BCUT2D eigenvalue weighted by atomic mass is 10.3. The van der Waals surface area contributed by atoms with Crippen molar-refractivity contribution in [2.45, 2.75) is 19.8 Å². The molecule has 2 N–H and O–H groups in total. The topological polar surface area (TPSA) is 92.7 Å². The van der Waals surface area contributed by atoms with Crippen molar-refractivity contribution in [1.82, 2.24) is 0 Å². The van der Waals surface area contributed by atoms with Crippen molar-refractivity contribution < 1.29 is 27.4 Å². The van der Waals surface area contributed by atoms with Gasteiger partial charge >= 0.3 is 5.97 Å². The lowest BCUT2D eigenvalue weighted by Crippen LogP contribution is -2.18. The molecule has 0 amide bonds. The van der Waals surface area contributed by atoms with E-state index in [0.717, 1.165) is 12.1 Å². The van der Waals surface area contributed by atoms with E-state index in [1.165, 1.54) is 6.07 Å².